The quantitative estimate of drug-likeness (QED) is 0.455. The topological polar surface area (TPSA) is 77.8 Å². The molecule has 0 amide bonds. The molecule has 0 saturated heterocycles. The SMILES string of the molecule is CC(=CCCC(C)C1CCC2(C)C3=C(C(O)CC12C)C1(C)CCC(O)C(C)(C)C1CC3=O)CO. The van der Waals surface area contributed by atoms with Gasteiger partial charge in [0.1, 0.15) is 0 Å². The van der Waals surface area contributed by atoms with E-state index in [4.69, 9.17) is 0 Å². The van der Waals surface area contributed by atoms with Crippen LogP contribution in [-0.2, 0) is 4.79 Å². The van der Waals surface area contributed by atoms with E-state index < -0.39 is 12.2 Å². The lowest BCUT2D eigenvalue weighted by Gasteiger charge is -2.62. The van der Waals surface area contributed by atoms with Crippen molar-refractivity contribution in [1.29, 1.82) is 0 Å². The molecule has 0 aromatic rings. The molecule has 8 atom stereocenters. The third kappa shape index (κ3) is 3.53. The van der Waals surface area contributed by atoms with E-state index in [1.165, 1.54) is 0 Å². The van der Waals surface area contributed by atoms with Gasteiger partial charge in [0.2, 0.25) is 0 Å². The van der Waals surface area contributed by atoms with Crippen LogP contribution in [0, 0.1) is 39.4 Å². The van der Waals surface area contributed by atoms with Crippen LogP contribution in [0.2, 0.25) is 0 Å². The standard InChI is InChI=1S/C30H48O4/c1-18(17-31)9-8-10-19(2)20-11-14-29(6)26-21(32)15-23-27(3,4)24(34)12-13-28(23,5)25(26)22(33)16-30(20,29)7/h9,19-20,22-24,31,33-34H,8,10-17H2,1-7H3. The Kier molecular flexibility index (Phi) is 6.57. The summed E-state index contributed by atoms with van der Waals surface area (Å²) in [5.41, 5.74) is 2.13. The van der Waals surface area contributed by atoms with Crippen LogP contribution in [0.3, 0.4) is 0 Å². The van der Waals surface area contributed by atoms with Gasteiger partial charge in [-0.1, -0.05) is 53.2 Å². The predicted molar refractivity (Wildman–Crippen MR) is 136 cm³/mol. The summed E-state index contributed by atoms with van der Waals surface area (Å²) in [7, 11) is 0. The molecule has 4 rings (SSSR count). The number of allylic oxidation sites excluding steroid dienone is 2. The summed E-state index contributed by atoms with van der Waals surface area (Å²) in [5.74, 6) is 1.25. The molecule has 0 bridgehead atoms. The third-order valence-corrected chi connectivity index (χ3v) is 11.6. The maximum atomic E-state index is 13.9. The molecule has 0 aliphatic heterocycles. The molecular formula is C30H48O4. The van der Waals surface area contributed by atoms with E-state index in [1.54, 1.807) is 0 Å². The third-order valence-electron chi connectivity index (χ3n) is 11.6. The first-order valence-electron chi connectivity index (χ1n) is 13.6. The molecule has 192 valence electrons. The van der Waals surface area contributed by atoms with Crippen molar-refractivity contribution in [3.8, 4) is 0 Å². The van der Waals surface area contributed by atoms with Gasteiger partial charge in [-0.15, -0.1) is 0 Å². The minimum atomic E-state index is -0.583. The van der Waals surface area contributed by atoms with E-state index in [-0.39, 0.29) is 40.0 Å². The monoisotopic (exact) mass is 472 g/mol. The molecule has 2 fully saturated rings. The van der Waals surface area contributed by atoms with Crippen LogP contribution >= 0.6 is 0 Å². The van der Waals surface area contributed by atoms with Crippen molar-refractivity contribution in [1.82, 2.24) is 0 Å². The predicted octanol–water partition coefficient (Wildman–Crippen LogP) is 5.60. The van der Waals surface area contributed by atoms with Crippen molar-refractivity contribution in [3.63, 3.8) is 0 Å². The van der Waals surface area contributed by atoms with Crippen molar-refractivity contribution in [2.24, 2.45) is 39.4 Å². The normalized spacial score (nSPS) is 45.0. The van der Waals surface area contributed by atoms with Gasteiger partial charge in [-0.25, -0.2) is 0 Å². The Labute approximate surface area is 206 Å². The Morgan fingerprint density at radius 3 is 2.44 bits per heavy atom. The molecule has 3 N–H and O–H groups in total. The molecule has 4 aliphatic rings. The highest BCUT2D eigenvalue weighted by Crippen LogP contribution is 2.71. The van der Waals surface area contributed by atoms with Crippen molar-refractivity contribution in [3.05, 3.63) is 22.8 Å². The van der Waals surface area contributed by atoms with Gasteiger partial charge in [-0.2, -0.15) is 0 Å². The van der Waals surface area contributed by atoms with E-state index >= 15 is 0 Å². The Bertz CT molecular complexity index is 899. The molecule has 2 saturated carbocycles. The molecule has 0 radical (unpaired) electrons. The van der Waals surface area contributed by atoms with Gasteiger partial charge in [0, 0.05) is 17.4 Å². The number of rotatable bonds is 5. The molecule has 0 aromatic carbocycles. The van der Waals surface area contributed by atoms with Crippen LogP contribution in [-0.4, -0.2) is 39.9 Å². The molecule has 34 heavy (non-hydrogen) atoms. The highest BCUT2D eigenvalue weighted by atomic mass is 16.3. The lowest BCUT2D eigenvalue weighted by molar-refractivity contribution is -0.138. The zero-order chi connectivity index (χ0) is 25.3. The summed E-state index contributed by atoms with van der Waals surface area (Å²) in [6, 6.07) is 0. The fourth-order valence-corrected chi connectivity index (χ4v) is 9.24. The molecule has 4 nitrogen and oxygen atoms in total. The first kappa shape index (κ1) is 26.1. The smallest absolute Gasteiger partial charge is 0.159 e. The van der Waals surface area contributed by atoms with Crippen molar-refractivity contribution in [2.45, 2.75) is 112 Å². The van der Waals surface area contributed by atoms with Crippen LogP contribution in [0.15, 0.2) is 22.8 Å². The van der Waals surface area contributed by atoms with Crippen LogP contribution in [0.5, 0.6) is 0 Å². The molecule has 0 heterocycles. The number of carbonyl (C=O) groups is 1. The lowest BCUT2D eigenvalue weighted by atomic mass is 9.42. The summed E-state index contributed by atoms with van der Waals surface area (Å²) in [6.45, 7) is 15.6. The van der Waals surface area contributed by atoms with Crippen LogP contribution in [0.1, 0.15) is 99.8 Å². The number of hydrogen-bond acceptors (Lipinski definition) is 4. The van der Waals surface area contributed by atoms with Gasteiger partial charge in [-0.3, -0.25) is 4.79 Å². The number of aliphatic hydroxyl groups is 3. The fraction of sp³-hybridized carbons (Fsp3) is 0.833. The summed E-state index contributed by atoms with van der Waals surface area (Å²) in [5, 5.41) is 31.9. The first-order valence-corrected chi connectivity index (χ1v) is 13.6. The Balaban J connectivity index is 1.72. The molecular weight excluding hydrogens is 424 g/mol. The van der Waals surface area contributed by atoms with Gasteiger partial charge in [-0.05, 0) is 91.4 Å². The summed E-state index contributed by atoms with van der Waals surface area (Å²) < 4.78 is 0. The van der Waals surface area contributed by atoms with Gasteiger partial charge < -0.3 is 15.3 Å². The van der Waals surface area contributed by atoms with Gasteiger partial charge in [0.05, 0.1) is 18.8 Å². The fourth-order valence-electron chi connectivity index (χ4n) is 9.24. The summed E-state index contributed by atoms with van der Waals surface area (Å²) in [4.78, 5) is 13.9. The van der Waals surface area contributed by atoms with Gasteiger partial charge in [0.25, 0.3) is 0 Å². The van der Waals surface area contributed by atoms with Crippen molar-refractivity contribution >= 4 is 5.78 Å². The Hall–Kier alpha value is -0.970. The minimum Gasteiger partial charge on any atom is -0.393 e. The molecule has 4 heteroatoms. The summed E-state index contributed by atoms with van der Waals surface area (Å²) in [6.07, 6.45) is 8.08. The van der Waals surface area contributed by atoms with Crippen LogP contribution in [0.25, 0.3) is 0 Å². The summed E-state index contributed by atoms with van der Waals surface area (Å²) >= 11 is 0. The number of hydrogen-bond donors (Lipinski definition) is 3. The number of Topliss-reactive ketones (excluding diaryl/α,β-unsaturated/α-hetero) is 1. The molecule has 8 unspecified atom stereocenters. The van der Waals surface area contributed by atoms with E-state index in [2.05, 4.69) is 47.6 Å². The zero-order valence-electron chi connectivity index (χ0n) is 22.6. The lowest BCUT2D eigenvalue weighted by Crippen LogP contribution is -2.59. The number of aliphatic hydroxyl groups excluding tert-OH is 3. The largest absolute Gasteiger partial charge is 0.393 e. The second-order valence-corrected chi connectivity index (χ2v) is 13.6. The van der Waals surface area contributed by atoms with Gasteiger partial charge in [0.15, 0.2) is 5.78 Å². The number of ketones is 1. The van der Waals surface area contributed by atoms with Crippen LogP contribution in [0.4, 0.5) is 0 Å². The number of carbonyl (C=O) groups excluding carboxylic acids is 1. The second kappa shape index (κ2) is 8.56. The zero-order valence-corrected chi connectivity index (χ0v) is 22.6. The van der Waals surface area contributed by atoms with E-state index in [9.17, 15) is 20.1 Å². The van der Waals surface area contributed by atoms with Gasteiger partial charge >= 0.3 is 0 Å². The van der Waals surface area contributed by atoms with E-state index in [1.807, 2.05) is 6.92 Å². The molecule has 4 aliphatic carbocycles. The maximum Gasteiger partial charge on any atom is 0.159 e. The maximum absolute atomic E-state index is 13.9. The van der Waals surface area contributed by atoms with Crippen molar-refractivity contribution < 1.29 is 20.1 Å². The number of fused-ring (bicyclic) bond motifs is 4. The molecule has 0 aromatic heterocycles. The van der Waals surface area contributed by atoms with E-state index in [0.29, 0.717) is 18.3 Å². The Morgan fingerprint density at radius 1 is 1.12 bits per heavy atom. The minimum absolute atomic E-state index is 0.0651. The highest BCUT2D eigenvalue weighted by molar-refractivity contribution is 6.00. The highest BCUT2D eigenvalue weighted by Gasteiger charge is 2.67. The average molecular weight is 473 g/mol. The Morgan fingerprint density at radius 2 is 1.79 bits per heavy atom. The average Bonchev–Trinajstić information content (AvgIpc) is 3.03. The van der Waals surface area contributed by atoms with Crippen molar-refractivity contribution in [2.75, 3.05) is 6.61 Å². The molecule has 0 spiro atoms. The second-order valence-electron chi connectivity index (χ2n) is 13.6. The van der Waals surface area contributed by atoms with Crippen LogP contribution < -0.4 is 0 Å². The first-order chi connectivity index (χ1) is 15.7. The van der Waals surface area contributed by atoms with E-state index in [0.717, 1.165) is 61.7 Å².